The number of para-hydroxylation sites is 2. The molecule has 0 unspecified atom stereocenters. The zero-order valence-electron chi connectivity index (χ0n) is 28.1. The van der Waals surface area contributed by atoms with E-state index in [9.17, 15) is 0 Å². The lowest BCUT2D eigenvalue weighted by Crippen LogP contribution is -2.03. The number of hydrogen-bond donors (Lipinski definition) is 3. The predicted molar refractivity (Wildman–Crippen MR) is 215 cm³/mol. The first-order valence-electron chi connectivity index (χ1n) is 17.4. The van der Waals surface area contributed by atoms with Crippen molar-refractivity contribution in [2.75, 3.05) is 0 Å². The van der Waals surface area contributed by atoms with Crippen LogP contribution in [0.15, 0.2) is 151 Å². The van der Waals surface area contributed by atoms with Gasteiger partial charge in [-0.2, -0.15) is 4.37 Å². The summed E-state index contributed by atoms with van der Waals surface area (Å²) in [6.07, 6.45) is 5.81. The van der Waals surface area contributed by atoms with Crippen molar-refractivity contribution in [3.63, 3.8) is 0 Å². The summed E-state index contributed by atoms with van der Waals surface area (Å²) in [7, 11) is 0. The van der Waals surface area contributed by atoms with E-state index in [1.807, 2.05) is 54.3 Å². The first-order chi connectivity index (χ1) is 26.3. The van der Waals surface area contributed by atoms with Gasteiger partial charge in [-0.1, -0.05) is 66.7 Å². The lowest BCUT2D eigenvalue weighted by molar-refractivity contribution is 1.04. The molecule has 7 heterocycles. The number of H-pyrrole nitrogens is 3. The Kier molecular flexibility index (Phi) is 6.55. The molecule has 0 aliphatic heterocycles. The summed E-state index contributed by atoms with van der Waals surface area (Å²) in [5.41, 5.74) is 11.7. The molecule has 0 bridgehead atoms. The summed E-state index contributed by atoms with van der Waals surface area (Å²) < 4.78 is 7.25. The van der Waals surface area contributed by atoms with Gasteiger partial charge >= 0.3 is 0 Å². The first-order valence-corrected chi connectivity index (χ1v) is 18.2. The smallest absolute Gasteiger partial charge is 0.163 e. The van der Waals surface area contributed by atoms with Crippen molar-refractivity contribution >= 4 is 55.1 Å². The van der Waals surface area contributed by atoms with E-state index in [4.69, 9.17) is 19.3 Å². The van der Waals surface area contributed by atoms with Gasteiger partial charge in [0, 0.05) is 73.6 Å². The summed E-state index contributed by atoms with van der Waals surface area (Å²) in [5, 5.41) is 6.32. The number of hydrogen-bond acceptors (Lipinski definition) is 5. The molecule has 11 aromatic rings. The molecule has 4 aromatic carbocycles. The molecule has 53 heavy (non-hydrogen) atoms. The van der Waals surface area contributed by atoms with E-state index in [-0.39, 0.29) is 0 Å². The number of fused-ring (bicyclic) bond motifs is 4. The highest BCUT2D eigenvalue weighted by Gasteiger charge is 2.32. The van der Waals surface area contributed by atoms with Gasteiger partial charge in [0.1, 0.15) is 11.3 Å². The third kappa shape index (κ3) is 4.61. The quantitative estimate of drug-likeness (QED) is 0.161. The maximum atomic E-state index is 5.67. The van der Waals surface area contributed by atoms with E-state index in [2.05, 4.69) is 117 Å². The van der Waals surface area contributed by atoms with E-state index in [0.29, 0.717) is 0 Å². The van der Waals surface area contributed by atoms with Gasteiger partial charge in [0.05, 0.1) is 33.8 Å². The van der Waals surface area contributed by atoms with Crippen LogP contribution in [0, 0.1) is 0 Å². The van der Waals surface area contributed by atoms with Crippen molar-refractivity contribution in [1.82, 2.24) is 38.8 Å². The fraction of sp³-hybridized carbons (Fsp3) is 0. The summed E-state index contributed by atoms with van der Waals surface area (Å²) in [6.45, 7) is 0. The highest BCUT2D eigenvalue weighted by Crippen LogP contribution is 2.52. The summed E-state index contributed by atoms with van der Waals surface area (Å²) >= 11 is 1.43. The van der Waals surface area contributed by atoms with Crippen LogP contribution in [-0.2, 0) is 0 Å². The summed E-state index contributed by atoms with van der Waals surface area (Å²) in [6, 6.07) is 43.8. The van der Waals surface area contributed by atoms with Crippen LogP contribution in [-0.4, -0.2) is 38.8 Å². The second kappa shape index (κ2) is 11.7. The zero-order valence-corrected chi connectivity index (χ0v) is 28.9. The molecule has 0 radical (unpaired) electrons. The highest BCUT2D eigenvalue weighted by molar-refractivity contribution is 7.03. The molecule has 250 valence electrons. The second-order valence-corrected chi connectivity index (χ2v) is 13.7. The van der Waals surface area contributed by atoms with Crippen molar-refractivity contribution in [1.29, 1.82) is 0 Å². The lowest BCUT2D eigenvalue weighted by Gasteiger charge is -2.21. The molecule has 7 aromatic heterocycles. The molecule has 9 heteroatoms. The number of imidazole rings is 1. The van der Waals surface area contributed by atoms with Gasteiger partial charge in [-0.3, -0.25) is 9.55 Å². The van der Waals surface area contributed by atoms with Crippen LogP contribution in [0.5, 0.6) is 0 Å². The van der Waals surface area contributed by atoms with E-state index >= 15 is 0 Å². The minimum Gasteiger partial charge on any atom is -0.361 e. The van der Waals surface area contributed by atoms with Crippen LogP contribution >= 0.6 is 11.5 Å². The standard InChI is InChI=1S/C44H28N8S/c1-4-12-29-26(9-1)19-23-47-41(29)40-38(33-18-17-27-10-2-5-13-30(27)48-33)37(32-15-7-21-45-32)39(34-20-24-53-51-34)43-42(40)50-44(52(43)36-16-8-22-46-36)35-25-28-11-3-6-14-31(28)49-35/h1-25,45-46,49H. The van der Waals surface area contributed by atoms with Crippen LogP contribution in [0.2, 0.25) is 0 Å². The molecule has 3 N–H and O–H groups in total. The fourth-order valence-electron chi connectivity index (χ4n) is 7.74. The zero-order chi connectivity index (χ0) is 34.9. The van der Waals surface area contributed by atoms with Gasteiger partial charge < -0.3 is 15.0 Å². The van der Waals surface area contributed by atoms with E-state index in [0.717, 1.165) is 106 Å². The predicted octanol–water partition coefficient (Wildman–Crippen LogP) is 11.1. The minimum absolute atomic E-state index is 0.762. The van der Waals surface area contributed by atoms with Crippen molar-refractivity contribution < 1.29 is 0 Å². The number of pyridine rings is 2. The number of benzene rings is 4. The van der Waals surface area contributed by atoms with Crippen molar-refractivity contribution in [2.45, 2.75) is 0 Å². The van der Waals surface area contributed by atoms with Crippen LogP contribution in [0.25, 0.3) is 106 Å². The Hall–Kier alpha value is -7.10. The van der Waals surface area contributed by atoms with Gasteiger partial charge in [0.2, 0.25) is 0 Å². The third-order valence-electron chi connectivity index (χ3n) is 10.0. The Morgan fingerprint density at radius 1 is 0.585 bits per heavy atom. The van der Waals surface area contributed by atoms with Crippen LogP contribution in [0.4, 0.5) is 0 Å². The van der Waals surface area contributed by atoms with Gasteiger partial charge in [-0.15, -0.1) is 0 Å². The number of nitrogens with one attached hydrogen (secondary N) is 3. The van der Waals surface area contributed by atoms with Gasteiger partial charge in [-0.25, -0.2) is 9.97 Å². The SMILES string of the molecule is c1c[nH]c(-c2c(-c3ccc4ccccc4n3)c(-c3nccc4ccccc34)c3nc(-c4cc5ccccc5[nH]4)n(-c4ccc[nH]4)c3c2-c2ccsn2)c1. The molecule has 0 amide bonds. The molecule has 0 saturated carbocycles. The number of aromatic nitrogens is 8. The molecule has 8 nitrogen and oxygen atoms in total. The number of aromatic amines is 3. The van der Waals surface area contributed by atoms with Crippen molar-refractivity contribution in [2.24, 2.45) is 0 Å². The Bertz CT molecular complexity index is 3080. The van der Waals surface area contributed by atoms with Gasteiger partial charge in [0.25, 0.3) is 0 Å². The van der Waals surface area contributed by atoms with Crippen LogP contribution < -0.4 is 0 Å². The molecule has 0 saturated heterocycles. The Balaban J connectivity index is 1.42. The molecular weight excluding hydrogens is 673 g/mol. The van der Waals surface area contributed by atoms with Crippen LogP contribution in [0.3, 0.4) is 0 Å². The minimum atomic E-state index is 0.762. The summed E-state index contributed by atoms with van der Waals surface area (Å²) in [4.78, 5) is 27.0. The van der Waals surface area contributed by atoms with Gasteiger partial charge in [-0.05, 0) is 77.6 Å². The number of rotatable bonds is 6. The second-order valence-electron chi connectivity index (χ2n) is 13.0. The van der Waals surface area contributed by atoms with Crippen LogP contribution in [0.1, 0.15) is 0 Å². The largest absolute Gasteiger partial charge is 0.361 e. The first kappa shape index (κ1) is 29.6. The van der Waals surface area contributed by atoms with Crippen molar-refractivity contribution in [3.8, 4) is 62.4 Å². The summed E-state index contributed by atoms with van der Waals surface area (Å²) in [5.74, 6) is 1.64. The number of nitrogens with zero attached hydrogens (tertiary/aromatic N) is 5. The van der Waals surface area contributed by atoms with E-state index in [1.165, 1.54) is 11.5 Å². The molecule has 0 aliphatic carbocycles. The highest BCUT2D eigenvalue weighted by atomic mass is 32.1. The normalized spacial score (nSPS) is 11.8. The lowest BCUT2D eigenvalue weighted by atomic mass is 9.86. The molecule has 0 aliphatic rings. The fourth-order valence-corrected chi connectivity index (χ4v) is 8.25. The Morgan fingerprint density at radius 2 is 1.42 bits per heavy atom. The van der Waals surface area contributed by atoms with Gasteiger partial charge in [0.15, 0.2) is 5.82 Å². The third-order valence-corrected chi connectivity index (χ3v) is 10.6. The Labute approximate surface area is 306 Å². The average Bonchev–Trinajstić information content (AvgIpc) is 4.06. The maximum Gasteiger partial charge on any atom is 0.163 e. The molecular formula is C44H28N8S. The topological polar surface area (TPSA) is 104 Å². The van der Waals surface area contributed by atoms with E-state index < -0.39 is 0 Å². The molecule has 0 spiro atoms. The Morgan fingerprint density at radius 3 is 2.25 bits per heavy atom. The molecule has 11 rings (SSSR count). The average molecular weight is 701 g/mol. The maximum absolute atomic E-state index is 5.67. The van der Waals surface area contributed by atoms with E-state index in [1.54, 1.807) is 0 Å². The molecule has 0 atom stereocenters. The molecule has 0 fully saturated rings. The monoisotopic (exact) mass is 700 g/mol. The van der Waals surface area contributed by atoms with Crippen molar-refractivity contribution in [3.05, 3.63) is 151 Å².